The molecule has 1 aromatic carbocycles. The Kier molecular flexibility index (Phi) is 9.09. The van der Waals surface area contributed by atoms with E-state index < -0.39 is 0 Å². The van der Waals surface area contributed by atoms with Gasteiger partial charge in [-0.2, -0.15) is 0 Å². The fourth-order valence-corrected chi connectivity index (χ4v) is 3.54. The zero-order valence-corrected chi connectivity index (χ0v) is 22.5. The normalized spacial score (nSPS) is 9.95. The molecule has 6 rings (SSSR count). The van der Waals surface area contributed by atoms with Crippen LogP contribution in [0.4, 0.5) is 0 Å². The topological polar surface area (TPSA) is 64.5 Å². The molecule has 6 heteroatoms. The average molecular weight is 651 g/mol. The van der Waals surface area contributed by atoms with Crippen molar-refractivity contribution >= 4 is 0 Å². The van der Waals surface area contributed by atoms with Gasteiger partial charge in [0.2, 0.25) is 0 Å². The van der Waals surface area contributed by atoms with E-state index in [-0.39, 0.29) is 20.4 Å². The van der Waals surface area contributed by atoms with Gasteiger partial charge in [0, 0.05) is 39.0 Å². The molecular weight excluding hydrogens is 629 g/mol. The molecule has 179 valence electrons. The number of benzene rings is 1. The minimum atomic E-state index is 0. The van der Waals surface area contributed by atoms with Gasteiger partial charge < -0.3 is 0 Å². The van der Waals surface area contributed by atoms with Gasteiger partial charge in [0.15, 0.2) is 0 Å². The van der Waals surface area contributed by atoms with E-state index in [2.05, 4.69) is 31.0 Å². The molecule has 1 radical (unpaired) electrons. The molecule has 5 nitrogen and oxygen atoms in total. The van der Waals surface area contributed by atoms with Crippen molar-refractivity contribution in [3.05, 3.63) is 140 Å². The Morgan fingerprint density at radius 1 is 0.378 bits per heavy atom. The molecule has 37 heavy (non-hydrogen) atoms. The van der Waals surface area contributed by atoms with Crippen LogP contribution in [0.25, 0.3) is 45.4 Å². The summed E-state index contributed by atoms with van der Waals surface area (Å²) in [6.45, 7) is 0. The van der Waals surface area contributed by atoms with Gasteiger partial charge in [-0.25, -0.2) is 4.98 Å². The third kappa shape index (κ3) is 6.86. The molecule has 0 N–H and O–H groups in total. The van der Waals surface area contributed by atoms with Crippen molar-refractivity contribution in [2.75, 3.05) is 0 Å². The number of aromatic nitrogens is 5. The van der Waals surface area contributed by atoms with Crippen molar-refractivity contribution in [3.63, 3.8) is 0 Å². The molecule has 5 heterocycles. The number of pyridine rings is 5. The molecule has 0 unspecified atom stereocenters. The van der Waals surface area contributed by atoms with Crippen LogP contribution in [0.1, 0.15) is 0 Å². The summed E-state index contributed by atoms with van der Waals surface area (Å²) in [7, 11) is 0. The Balaban J connectivity index is 0.000000168. The van der Waals surface area contributed by atoms with Crippen molar-refractivity contribution in [1.82, 2.24) is 24.9 Å². The molecule has 0 aliphatic heterocycles. The number of nitrogens with zero attached hydrogens (tertiary/aromatic N) is 5. The molecule has 0 aliphatic carbocycles. The van der Waals surface area contributed by atoms with Crippen LogP contribution < -0.4 is 0 Å². The monoisotopic (exact) mass is 651 g/mol. The summed E-state index contributed by atoms with van der Waals surface area (Å²) in [5, 5.41) is 0. The molecule has 0 aliphatic rings. The minimum absolute atomic E-state index is 0. The van der Waals surface area contributed by atoms with E-state index in [0.29, 0.717) is 0 Å². The zero-order chi connectivity index (χ0) is 24.4. The molecule has 0 saturated heterocycles. The number of hydrogen-bond donors (Lipinski definition) is 0. The van der Waals surface area contributed by atoms with Crippen LogP contribution in [0.5, 0.6) is 0 Å². The summed E-state index contributed by atoms with van der Waals surface area (Å²) >= 11 is 0. The summed E-state index contributed by atoms with van der Waals surface area (Å²) in [6, 6.07) is 40.3. The number of rotatable bonds is 4. The molecule has 0 amide bonds. The maximum Gasteiger partial charge on any atom is 0.0894 e. The summed E-state index contributed by atoms with van der Waals surface area (Å²) in [5.74, 6) is 0. The summed E-state index contributed by atoms with van der Waals surface area (Å²) in [6.07, 6.45) is 5.31. The van der Waals surface area contributed by atoms with E-state index in [4.69, 9.17) is 0 Å². The van der Waals surface area contributed by atoms with Crippen LogP contribution in [0.15, 0.2) is 134 Å². The quantitative estimate of drug-likeness (QED) is 0.196. The maximum atomic E-state index is 4.62. The fraction of sp³-hybridized carbons (Fsp3) is 0. The molecule has 0 bridgehead atoms. The maximum absolute atomic E-state index is 4.62. The van der Waals surface area contributed by atoms with E-state index in [1.807, 2.05) is 115 Å². The van der Waals surface area contributed by atoms with Crippen molar-refractivity contribution in [3.8, 4) is 45.4 Å². The van der Waals surface area contributed by atoms with Gasteiger partial charge in [0.25, 0.3) is 0 Å². The van der Waals surface area contributed by atoms with E-state index >= 15 is 0 Å². The summed E-state index contributed by atoms with van der Waals surface area (Å²) < 4.78 is 0. The van der Waals surface area contributed by atoms with Crippen molar-refractivity contribution in [2.45, 2.75) is 0 Å². The van der Waals surface area contributed by atoms with Gasteiger partial charge in [-0.1, -0.05) is 36.4 Å². The largest absolute Gasteiger partial charge is 0.295 e. The third-order valence-corrected chi connectivity index (χ3v) is 5.27. The van der Waals surface area contributed by atoms with Crippen molar-refractivity contribution < 1.29 is 20.4 Å². The first-order chi connectivity index (χ1) is 17.9. The molecular formula is C31H22N5Re-. The predicted octanol–water partition coefficient (Wildman–Crippen LogP) is 6.81. The number of hydrogen-bond acceptors (Lipinski definition) is 5. The van der Waals surface area contributed by atoms with Gasteiger partial charge in [-0.05, 0) is 60.3 Å². The van der Waals surface area contributed by atoms with Gasteiger partial charge in [-0.3, -0.25) is 19.9 Å². The van der Waals surface area contributed by atoms with E-state index in [1.54, 1.807) is 18.6 Å². The molecule has 5 aromatic heterocycles. The first kappa shape index (κ1) is 25.7. The van der Waals surface area contributed by atoms with E-state index in [0.717, 1.165) is 45.4 Å². The first-order valence-corrected chi connectivity index (χ1v) is 11.5. The predicted molar refractivity (Wildman–Crippen MR) is 142 cm³/mol. The SMILES string of the molecule is [Re].[c-]1ccccc1-c1cccc(-c2ccccn2)n1.c1ccc(-c2cccc(-c3ccccn3)n2)nc1. The Morgan fingerprint density at radius 3 is 1.19 bits per heavy atom. The molecule has 0 atom stereocenters. The second kappa shape index (κ2) is 13.1. The van der Waals surface area contributed by atoms with Crippen molar-refractivity contribution in [1.29, 1.82) is 0 Å². The molecule has 0 spiro atoms. The Labute approximate surface area is 230 Å². The Hall–Kier alpha value is -4.37. The second-order valence-corrected chi connectivity index (χ2v) is 7.74. The smallest absolute Gasteiger partial charge is 0.0894 e. The van der Waals surface area contributed by atoms with Gasteiger partial charge in [-0.15, -0.1) is 35.9 Å². The van der Waals surface area contributed by atoms with Crippen LogP contribution in [0.3, 0.4) is 0 Å². The molecule has 0 saturated carbocycles. The van der Waals surface area contributed by atoms with Crippen LogP contribution in [0, 0.1) is 6.07 Å². The van der Waals surface area contributed by atoms with Crippen LogP contribution in [-0.4, -0.2) is 24.9 Å². The van der Waals surface area contributed by atoms with Crippen LogP contribution in [-0.2, 0) is 20.4 Å². The Morgan fingerprint density at radius 2 is 0.784 bits per heavy atom. The minimum Gasteiger partial charge on any atom is -0.295 e. The second-order valence-electron chi connectivity index (χ2n) is 7.74. The van der Waals surface area contributed by atoms with Crippen LogP contribution >= 0.6 is 0 Å². The van der Waals surface area contributed by atoms with Gasteiger partial charge >= 0.3 is 0 Å². The van der Waals surface area contributed by atoms with Gasteiger partial charge in [0.05, 0.1) is 34.2 Å². The van der Waals surface area contributed by atoms with Crippen LogP contribution in [0.2, 0.25) is 0 Å². The van der Waals surface area contributed by atoms with E-state index in [9.17, 15) is 0 Å². The first-order valence-electron chi connectivity index (χ1n) is 11.5. The zero-order valence-electron chi connectivity index (χ0n) is 19.8. The van der Waals surface area contributed by atoms with Gasteiger partial charge in [0.1, 0.15) is 0 Å². The standard InChI is InChI=1S/C16H11N2.C15H11N3.Re/c1-2-7-13(8-3-1)14-10-6-11-16(18-14)15-9-4-5-12-17-15;1-3-10-16-12(6-1)14-8-5-9-15(18-14)13-7-2-4-11-17-13;/h1-7,9-12H;1-11H;/q-1;;. The average Bonchev–Trinajstić information content (AvgIpc) is 2.99. The fourth-order valence-electron chi connectivity index (χ4n) is 3.54. The van der Waals surface area contributed by atoms with Crippen molar-refractivity contribution in [2.24, 2.45) is 0 Å². The molecule has 6 aromatic rings. The summed E-state index contributed by atoms with van der Waals surface area (Å²) in [5.41, 5.74) is 7.14. The molecule has 0 fully saturated rings. The summed E-state index contributed by atoms with van der Waals surface area (Å²) in [4.78, 5) is 22.1. The van der Waals surface area contributed by atoms with E-state index in [1.165, 1.54) is 0 Å². The third-order valence-electron chi connectivity index (χ3n) is 5.27. The Bertz CT molecular complexity index is 1290.